The van der Waals surface area contributed by atoms with Gasteiger partial charge in [0.25, 0.3) is 0 Å². The van der Waals surface area contributed by atoms with Gasteiger partial charge in [-0.1, -0.05) is 0 Å². The first kappa shape index (κ1) is 11.2. The molecule has 1 saturated heterocycles. The highest BCUT2D eigenvalue weighted by Crippen LogP contribution is 2.33. The fourth-order valence-corrected chi connectivity index (χ4v) is 4.37. The standard InChI is InChI=1S/C10H16N4O2S/c11-7-3-4-14-9(6-7)12-10(13-14)8-2-1-5-17(8,15)16/h7-8H,1-6,11H2. The van der Waals surface area contributed by atoms with Gasteiger partial charge in [0.05, 0.1) is 5.75 Å². The lowest BCUT2D eigenvalue weighted by Gasteiger charge is -2.17. The third kappa shape index (κ3) is 1.87. The SMILES string of the molecule is NC1CCn2nc(C3CCCS3(=O)=O)nc2C1. The van der Waals surface area contributed by atoms with Crippen molar-refractivity contribution >= 4 is 9.84 Å². The van der Waals surface area contributed by atoms with Crippen LogP contribution in [0.15, 0.2) is 0 Å². The van der Waals surface area contributed by atoms with Crippen molar-refractivity contribution in [1.29, 1.82) is 0 Å². The Balaban J connectivity index is 1.95. The summed E-state index contributed by atoms with van der Waals surface area (Å²) in [5, 5.41) is 3.84. The van der Waals surface area contributed by atoms with Gasteiger partial charge >= 0.3 is 0 Å². The molecular weight excluding hydrogens is 240 g/mol. The van der Waals surface area contributed by atoms with Crippen molar-refractivity contribution in [3.63, 3.8) is 0 Å². The molecule has 2 unspecified atom stereocenters. The lowest BCUT2D eigenvalue weighted by molar-refractivity contribution is 0.431. The van der Waals surface area contributed by atoms with E-state index >= 15 is 0 Å². The highest BCUT2D eigenvalue weighted by atomic mass is 32.2. The summed E-state index contributed by atoms with van der Waals surface area (Å²) in [6.07, 6.45) is 2.95. The molecule has 2 atom stereocenters. The number of nitrogens with two attached hydrogens (primary N) is 1. The molecule has 0 saturated carbocycles. The van der Waals surface area contributed by atoms with Crippen LogP contribution in [0.3, 0.4) is 0 Å². The van der Waals surface area contributed by atoms with Gasteiger partial charge in [-0.2, -0.15) is 5.10 Å². The summed E-state index contributed by atoms with van der Waals surface area (Å²) in [5.41, 5.74) is 5.87. The Morgan fingerprint density at radius 2 is 2.18 bits per heavy atom. The van der Waals surface area contributed by atoms with E-state index in [0.717, 1.165) is 25.2 Å². The molecule has 0 amide bonds. The third-order valence-electron chi connectivity index (χ3n) is 3.54. The summed E-state index contributed by atoms with van der Waals surface area (Å²) in [7, 11) is -3.02. The summed E-state index contributed by atoms with van der Waals surface area (Å²) in [5.74, 6) is 1.58. The van der Waals surface area contributed by atoms with E-state index < -0.39 is 15.1 Å². The molecule has 1 aromatic heterocycles. The normalized spacial score (nSPS) is 31.4. The molecule has 6 nitrogen and oxygen atoms in total. The molecule has 7 heteroatoms. The molecule has 0 radical (unpaired) electrons. The van der Waals surface area contributed by atoms with E-state index in [4.69, 9.17) is 5.73 Å². The van der Waals surface area contributed by atoms with E-state index in [9.17, 15) is 8.42 Å². The largest absolute Gasteiger partial charge is 0.327 e. The Hall–Kier alpha value is -0.950. The Kier molecular flexibility index (Phi) is 2.48. The highest BCUT2D eigenvalue weighted by molar-refractivity contribution is 7.91. The Morgan fingerprint density at radius 3 is 2.88 bits per heavy atom. The van der Waals surface area contributed by atoms with Gasteiger partial charge in [0.2, 0.25) is 0 Å². The van der Waals surface area contributed by atoms with Crippen molar-refractivity contribution in [2.24, 2.45) is 5.73 Å². The summed E-state index contributed by atoms with van der Waals surface area (Å²) in [4.78, 5) is 4.37. The number of sulfone groups is 1. The lowest BCUT2D eigenvalue weighted by Crippen LogP contribution is -2.31. The Bertz CT molecular complexity index is 537. The van der Waals surface area contributed by atoms with Crippen molar-refractivity contribution < 1.29 is 8.42 Å². The van der Waals surface area contributed by atoms with Crippen LogP contribution in [-0.4, -0.2) is 35.0 Å². The minimum atomic E-state index is -3.02. The molecule has 2 N–H and O–H groups in total. The van der Waals surface area contributed by atoms with Crippen molar-refractivity contribution in [3.8, 4) is 0 Å². The van der Waals surface area contributed by atoms with Gasteiger partial charge < -0.3 is 5.73 Å². The number of nitrogens with zero attached hydrogens (tertiary/aromatic N) is 3. The fourth-order valence-electron chi connectivity index (χ4n) is 2.57. The molecule has 0 aliphatic carbocycles. The monoisotopic (exact) mass is 256 g/mol. The first-order valence-electron chi connectivity index (χ1n) is 5.97. The maximum absolute atomic E-state index is 11.8. The van der Waals surface area contributed by atoms with E-state index in [-0.39, 0.29) is 11.8 Å². The summed E-state index contributed by atoms with van der Waals surface area (Å²) in [6, 6.07) is 0.125. The number of aryl methyl sites for hydroxylation is 1. The average Bonchev–Trinajstić information content (AvgIpc) is 2.79. The van der Waals surface area contributed by atoms with Crippen molar-refractivity contribution in [2.45, 2.75) is 43.5 Å². The Labute approximate surface area is 100 Å². The molecule has 2 aliphatic rings. The number of hydrogen-bond acceptors (Lipinski definition) is 5. The highest BCUT2D eigenvalue weighted by Gasteiger charge is 2.36. The van der Waals surface area contributed by atoms with E-state index in [1.807, 2.05) is 4.68 Å². The van der Waals surface area contributed by atoms with Crippen molar-refractivity contribution in [2.75, 3.05) is 5.75 Å². The van der Waals surface area contributed by atoms with E-state index in [2.05, 4.69) is 10.1 Å². The van der Waals surface area contributed by atoms with Crippen LogP contribution < -0.4 is 5.73 Å². The van der Waals surface area contributed by atoms with Gasteiger partial charge in [0, 0.05) is 19.0 Å². The molecule has 17 heavy (non-hydrogen) atoms. The van der Waals surface area contributed by atoms with Gasteiger partial charge in [-0.15, -0.1) is 0 Å². The molecular formula is C10H16N4O2S. The second kappa shape index (κ2) is 3.78. The third-order valence-corrected chi connectivity index (χ3v) is 5.71. The van der Waals surface area contributed by atoms with Crippen LogP contribution in [0.2, 0.25) is 0 Å². The van der Waals surface area contributed by atoms with E-state index in [1.165, 1.54) is 0 Å². The van der Waals surface area contributed by atoms with Crippen LogP contribution in [0.1, 0.15) is 36.2 Å². The van der Waals surface area contributed by atoms with Crippen molar-refractivity contribution in [3.05, 3.63) is 11.6 Å². The van der Waals surface area contributed by atoms with Gasteiger partial charge in [0.1, 0.15) is 11.1 Å². The van der Waals surface area contributed by atoms with E-state index in [1.54, 1.807) is 0 Å². The number of rotatable bonds is 1. The quantitative estimate of drug-likeness (QED) is 0.751. The molecule has 1 fully saturated rings. The zero-order valence-corrected chi connectivity index (χ0v) is 10.4. The fraction of sp³-hybridized carbons (Fsp3) is 0.800. The molecule has 3 heterocycles. The minimum absolute atomic E-state index is 0.125. The van der Waals surface area contributed by atoms with Gasteiger partial charge in [-0.3, -0.25) is 0 Å². The Morgan fingerprint density at radius 1 is 1.35 bits per heavy atom. The smallest absolute Gasteiger partial charge is 0.169 e. The molecule has 2 aliphatic heterocycles. The molecule has 0 bridgehead atoms. The molecule has 3 rings (SSSR count). The van der Waals surface area contributed by atoms with Crippen LogP contribution in [0.5, 0.6) is 0 Å². The summed E-state index contributed by atoms with van der Waals surface area (Å²) < 4.78 is 25.5. The van der Waals surface area contributed by atoms with Crippen LogP contribution in [0.4, 0.5) is 0 Å². The number of aromatic nitrogens is 3. The lowest BCUT2D eigenvalue weighted by atomic mass is 10.1. The molecule has 0 spiro atoms. The van der Waals surface area contributed by atoms with Gasteiger partial charge in [-0.25, -0.2) is 18.1 Å². The first-order chi connectivity index (χ1) is 8.06. The van der Waals surface area contributed by atoms with Crippen LogP contribution in [-0.2, 0) is 22.8 Å². The second-order valence-electron chi connectivity index (χ2n) is 4.86. The maximum atomic E-state index is 11.8. The summed E-state index contributed by atoms with van der Waals surface area (Å²) in [6.45, 7) is 0.746. The van der Waals surface area contributed by atoms with Crippen LogP contribution in [0, 0.1) is 0 Å². The molecule has 0 aromatic carbocycles. The predicted molar refractivity (Wildman–Crippen MR) is 62.1 cm³/mol. The zero-order valence-electron chi connectivity index (χ0n) is 9.54. The van der Waals surface area contributed by atoms with Crippen molar-refractivity contribution in [1.82, 2.24) is 14.8 Å². The second-order valence-corrected chi connectivity index (χ2v) is 7.16. The van der Waals surface area contributed by atoms with Gasteiger partial charge in [-0.05, 0) is 19.3 Å². The molecule has 1 aromatic rings. The predicted octanol–water partition coefficient (Wildman–Crippen LogP) is -0.199. The van der Waals surface area contributed by atoms with Crippen LogP contribution in [0.25, 0.3) is 0 Å². The minimum Gasteiger partial charge on any atom is -0.327 e. The maximum Gasteiger partial charge on any atom is 0.169 e. The van der Waals surface area contributed by atoms with Crippen LogP contribution >= 0.6 is 0 Å². The number of fused-ring (bicyclic) bond motifs is 1. The zero-order chi connectivity index (χ0) is 12.0. The molecule has 94 valence electrons. The topological polar surface area (TPSA) is 90.9 Å². The van der Waals surface area contributed by atoms with E-state index in [0.29, 0.717) is 18.7 Å². The summed E-state index contributed by atoms with van der Waals surface area (Å²) >= 11 is 0. The first-order valence-corrected chi connectivity index (χ1v) is 7.68. The average molecular weight is 256 g/mol. The van der Waals surface area contributed by atoms with Gasteiger partial charge in [0.15, 0.2) is 15.7 Å². The number of hydrogen-bond donors (Lipinski definition) is 1.